The van der Waals surface area contributed by atoms with E-state index >= 15 is 0 Å². The summed E-state index contributed by atoms with van der Waals surface area (Å²) in [4.78, 5) is 16.8. The van der Waals surface area contributed by atoms with Crippen molar-refractivity contribution in [2.24, 2.45) is 0 Å². The number of methoxy groups -OCH3 is 1. The molecule has 140 valence electrons. The van der Waals surface area contributed by atoms with Gasteiger partial charge in [-0.25, -0.2) is 0 Å². The van der Waals surface area contributed by atoms with Gasteiger partial charge in [0.1, 0.15) is 29.4 Å². The number of rotatable bonds is 6. The number of carbonyl (C=O) groups is 1. The predicted molar refractivity (Wildman–Crippen MR) is 96.8 cm³/mol. The molecule has 0 aliphatic carbocycles. The van der Waals surface area contributed by atoms with Gasteiger partial charge in [-0.3, -0.25) is 9.69 Å². The minimum absolute atomic E-state index is 0.00961. The standard InChI is InChI=1S/C19H25N3O4/c1-14-18(15(2)26-20-14)19(23)22-10-8-21(9-11-22)12-13-25-17-6-4-16(24-3)5-7-17/h4-7H,8-13H2,1-3H3. The molecule has 1 saturated heterocycles. The highest BCUT2D eigenvalue weighted by molar-refractivity contribution is 5.96. The lowest BCUT2D eigenvalue weighted by Crippen LogP contribution is -2.49. The normalized spacial score (nSPS) is 15.1. The zero-order chi connectivity index (χ0) is 18.5. The number of hydrogen-bond acceptors (Lipinski definition) is 6. The summed E-state index contributed by atoms with van der Waals surface area (Å²) >= 11 is 0. The Morgan fingerprint density at radius 1 is 1.12 bits per heavy atom. The van der Waals surface area contributed by atoms with E-state index in [4.69, 9.17) is 14.0 Å². The minimum atomic E-state index is 0.00961. The first-order valence-electron chi connectivity index (χ1n) is 8.80. The van der Waals surface area contributed by atoms with Gasteiger partial charge in [0.2, 0.25) is 0 Å². The van der Waals surface area contributed by atoms with E-state index in [-0.39, 0.29) is 5.91 Å². The molecule has 1 aliphatic heterocycles. The largest absolute Gasteiger partial charge is 0.497 e. The highest BCUT2D eigenvalue weighted by atomic mass is 16.5. The van der Waals surface area contributed by atoms with E-state index in [1.807, 2.05) is 29.2 Å². The van der Waals surface area contributed by atoms with E-state index in [9.17, 15) is 4.79 Å². The lowest BCUT2D eigenvalue weighted by molar-refractivity contribution is 0.0618. The molecule has 7 heteroatoms. The molecule has 0 spiro atoms. The molecule has 0 radical (unpaired) electrons. The zero-order valence-corrected chi connectivity index (χ0v) is 15.5. The first kappa shape index (κ1) is 18.3. The number of piperazine rings is 1. The maximum absolute atomic E-state index is 12.6. The van der Waals surface area contributed by atoms with Crippen molar-refractivity contribution in [2.75, 3.05) is 46.4 Å². The number of aromatic nitrogens is 1. The van der Waals surface area contributed by atoms with Gasteiger partial charge in [0.25, 0.3) is 5.91 Å². The van der Waals surface area contributed by atoms with Crippen molar-refractivity contribution in [1.82, 2.24) is 15.0 Å². The molecule has 0 saturated carbocycles. The van der Waals surface area contributed by atoms with Crippen LogP contribution in [0.4, 0.5) is 0 Å². The van der Waals surface area contributed by atoms with Crippen molar-refractivity contribution in [3.05, 3.63) is 41.3 Å². The highest BCUT2D eigenvalue weighted by Crippen LogP contribution is 2.18. The van der Waals surface area contributed by atoms with Crippen LogP contribution in [0, 0.1) is 13.8 Å². The summed E-state index contributed by atoms with van der Waals surface area (Å²) in [5.41, 5.74) is 1.25. The van der Waals surface area contributed by atoms with Gasteiger partial charge in [-0.2, -0.15) is 0 Å². The summed E-state index contributed by atoms with van der Waals surface area (Å²) in [6.45, 7) is 8.10. The smallest absolute Gasteiger partial charge is 0.259 e. The van der Waals surface area contributed by atoms with E-state index in [1.54, 1.807) is 21.0 Å². The van der Waals surface area contributed by atoms with Crippen LogP contribution in [-0.4, -0.2) is 67.3 Å². The number of aryl methyl sites for hydroxylation is 2. The fourth-order valence-electron chi connectivity index (χ4n) is 3.09. The topological polar surface area (TPSA) is 68.0 Å². The molecule has 1 amide bonds. The average molecular weight is 359 g/mol. The third kappa shape index (κ3) is 4.16. The maximum Gasteiger partial charge on any atom is 0.259 e. The van der Waals surface area contributed by atoms with Gasteiger partial charge in [0.15, 0.2) is 0 Å². The molecule has 1 aromatic heterocycles. The molecule has 26 heavy (non-hydrogen) atoms. The van der Waals surface area contributed by atoms with E-state index < -0.39 is 0 Å². The number of amides is 1. The molecule has 1 fully saturated rings. The molecule has 7 nitrogen and oxygen atoms in total. The molecule has 0 N–H and O–H groups in total. The van der Waals surface area contributed by atoms with E-state index in [0.29, 0.717) is 36.7 Å². The van der Waals surface area contributed by atoms with Gasteiger partial charge in [0.05, 0.1) is 12.8 Å². The van der Waals surface area contributed by atoms with Gasteiger partial charge in [-0.15, -0.1) is 0 Å². The van der Waals surface area contributed by atoms with Crippen LogP contribution in [-0.2, 0) is 0 Å². The fraction of sp³-hybridized carbons (Fsp3) is 0.474. The van der Waals surface area contributed by atoms with Gasteiger partial charge in [-0.1, -0.05) is 5.16 Å². The van der Waals surface area contributed by atoms with E-state index in [0.717, 1.165) is 31.1 Å². The minimum Gasteiger partial charge on any atom is -0.497 e. The summed E-state index contributed by atoms with van der Waals surface area (Å²) in [6, 6.07) is 7.57. The summed E-state index contributed by atoms with van der Waals surface area (Å²) in [6.07, 6.45) is 0. The average Bonchev–Trinajstić information content (AvgIpc) is 3.00. The van der Waals surface area contributed by atoms with Crippen LogP contribution in [0.15, 0.2) is 28.8 Å². The number of hydrogen-bond donors (Lipinski definition) is 0. The molecule has 1 aliphatic rings. The summed E-state index contributed by atoms with van der Waals surface area (Å²) in [5, 5.41) is 3.87. The number of benzene rings is 1. The molecule has 1 aromatic carbocycles. The number of nitrogens with zero attached hydrogens (tertiary/aromatic N) is 3. The third-order valence-corrected chi connectivity index (χ3v) is 4.64. The van der Waals surface area contributed by atoms with Crippen molar-refractivity contribution in [3.8, 4) is 11.5 Å². The first-order chi connectivity index (χ1) is 12.6. The van der Waals surface area contributed by atoms with Crippen molar-refractivity contribution in [2.45, 2.75) is 13.8 Å². The summed E-state index contributed by atoms with van der Waals surface area (Å²) in [5.74, 6) is 2.24. The van der Waals surface area contributed by atoms with E-state index in [1.165, 1.54) is 0 Å². The molecule has 0 unspecified atom stereocenters. The van der Waals surface area contributed by atoms with Crippen molar-refractivity contribution >= 4 is 5.91 Å². The van der Waals surface area contributed by atoms with Crippen molar-refractivity contribution in [3.63, 3.8) is 0 Å². The Kier molecular flexibility index (Phi) is 5.78. The molecule has 2 aromatic rings. The highest BCUT2D eigenvalue weighted by Gasteiger charge is 2.26. The summed E-state index contributed by atoms with van der Waals surface area (Å²) in [7, 11) is 1.64. The monoisotopic (exact) mass is 359 g/mol. The Labute approximate surface area is 153 Å². The Balaban J connectivity index is 1.43. The molecule has 3 rings (SSSR count). The molecular weight excluding hydrogens is 334 g/mol. The van der Waals surface area contributed by atoms with Crippen LogP contribution in [0.3, 0.4) is 0 Å². The zero-order valence-electron chi connectivity index (χ0n) is 15.5. The van der Waals surface area contributed by atoms with E-state index in [2.05, 4.69) is 10.1 Å². The van der Waals surface area contributed by atoms with Crippen molar-refractivity contribution in [1.29, 1.82) is 0 Å². The summed E-state index contributed by atoms with van der Waals surface area (Å²) < 4.78 is 16.0. The molecule has 0 atom stereocenters. The van der Waals surface area contributed by atoms with Gasteiger partial charge in [0, 0.05) is 32.7 Å². The van der Waals surface area contributed by atoms with Gasteiger partial charge in [-0.05, 0) is 38.1 Å². The Morgan fingerprint density at radius 3 is 2.35 bits per heavy atom. The quantitative estimate of drug-likeness (QED) is 0.787. The first-order valence-corrected chi connectivity index (χ1v) is 8.80. The second kappa shape index (κ2) is 8.23. The SMILES string of the molecule is COc1ccc(OCCN2CCN(C(=O)c3c(C)noc3C)CC2)cc1. The van der Waals surface area contributed by atoms with Crippen LogP contribution >= 0.6 is 0 Å². The molecular formula is C19H25N3O4. The lowest BCUT2D eigenvalue weighted by Gasteiger charge is -2.34. The molecule has 2 heterocycles. The predicted octanol–water partition coefficient (Wildman–Crippen LogP) is 2.14. The van der Waals surface area contributed by atoms with Crippen LogP contribution in [0.1, 0.15) is 21.8 Å². The van der Waals surface area contributed by atoms with Crippen LogP contribution in [0.25, 0.3) is 0 Å². The maximum atomic E-state index is 12.6. The van der Waals surface area contributed by atoms with Crippen LogP contribution in [0.2, 0.25) is 0 Å². The lowest BCUT2D eigenvalue weighted by atomic mass is 10.1. The van der Waals surface area contributed by atoms with Gasteiger partial charge < -0.3 is 18.9 Å². The Hall–Kier alpha value is -2.54. The van der Waals surface area contributed by atoms with Gasteiger partial charge >= 0.3 is 0 Å². The van der Waals surface area contributed by atoms with Crippen LogP contribution < -0.4 is 9.47 Å². The number of ether oxygens (including phenoxy) is 2. The Morgan fingerprint density at radius 2 is 1.77 bits per heavy atom. The second-order valence-electron chi connectivity index (χ2n) is 6.36. The third-order valence-electron chi connectivity index (χ3n) is 4.64. The number of carbonyl (C=O) groups excluding carboxylic acids is 1. The Bertz CT molecular complexity index is 714. The van der Waals surface area contributed by atoms with Crippen LogP contribution in [0.5, 0.6) is 11.5 Å². The molecule has 0 bridgehead atoms. The second-order valence-corrected chi connectivity index (χ2v) is 6.36. The van der Waals surface area contributed by atoms with Crippen molar-refractivity contribution < 1.29 is 18.8 Å². The fourth-order valence-corrected chi connectivity index (χ4v) is 3.09.